The van der Waals surface area contributed by atoms with Gasteiger partial charge in [-0.15, -0.1) is 0 Å². The van der Waals surface area contributed by atoms with Crippen LogP contribution in [0.2, 0.25) is 5.02 Å². The van der Waals surface area contributed by atoms with Crippen LogP contribution in [0.25, 0.3) is 0 Å². The first-order valence-corrected chi connectivity index (χ1v) is 18.4. The van der Waals surface area contributed by atoms with Crippen LogP contribution in [0.1, 0.15) is 76.5 Å². The lowest BCUT2D eigenvalue weighted by Crippen LogP contribution is -2.64. The number of halogens is 2. The highest BCUT2D eigenvalue weighted by molar-refractivity contribution is 9.10. The topological polar surface area (TPSA) is 89.5 Å². The molecule has 2 amide bonds. The lowest BCUT2D eigenvalue weighted by molar-refractivity contribution is -0.145. The van der Waals surface area contributed by atoms with Gasteiger partial charge in [0.2, 0.25) is 11.8 Å². The molecule has 0 radical (unpaired) electrons. The summed E-state index contributed by atoms with van der Waals surface area (Å²) in [7, 11) is 0. The second kappa shape index (κ2) is 17.1. The van der Waals surface area contributed by atoms with Crippen molar-refractivity contribution in [3.05, 3.63) is 69.2 Å². The fourth-order valence-electron chi connectivity index (χ4n) is 6.82. The van der Waals surface area contributed by atoms with E-state index in [9.17, 15) is 9.59 Å². The molecule has 0 unspecified atom stereocenters. The third-order valence-electron chi connectivity index (χ3n) is 9.25. The van der Waals surface area contributed by atoms with Crippen LogP contribution >= 0.6 is 27.5 Å². The van der Waals surface area contributed by atoms with E-state index in [0.29, 0.717) is 37.2 Å². The van der Waals surface area contributed by atoms with Gasteiger partial charge in [0, 0.05) is 35.2 Å². The molecule has 2 saturated heterocycles. The van der Waals surface area contributed by atoms with Gasteiger partial charge in [-0.2, -0.15) is 0 Å². The lowest BCUT2D eigenvalue weighted by Gasteiger charge is -2.42. The maximum Gasteiger partial charge on any atom is 0.288 e. The van der Waals surface area contributed by atoms with E-state index in [1.54, 1.807) is 4.90 Å². The molecule has 4 atom stereocenters. The van der Waals surface area contributed by atoms with E-state index in [-0.39, 0.29) is 36.0 Å². The van der Waals surface area contributed by atoms with E-state index in [1.807, 2.05) is 54.3 Å². The molecule has 47 heavy (non-hydrogen) atoms. The summed E-state index contributed by atoms with van der Waals surface area (Å²) in [5, 5.41) is 7.22. The molecule has 0 spiro atoms. The SMILES string of the molecule is CC(C)N[C@H](CCCCN1CCCCC1)C(=O)N1CCN(C2=N[C@@H](C)[C@H](c3cccc(Br)c3)O2)C[C@H]1C(=O)NCc1cccc(Cl)c1. The third-order valence-corrected chi connectivity index (χ3v) is 9.98. The lowest BCUT2D eigenvalue weighted by atomic mass is 10.0. The highest BCUT2D eigenvalue weighted by Gasteiger charge is 2.41. The summed E-state index contributed by atoms with van der Waals surface area (Å²) in [5.74, 6) is -0.222. The number of benzene rings is 2. The number of nitrogens with one attached hydrogen (secondary N) is 2. The van der Waals surface area contributed by atoms with Gasteiger partial charge in [0.15, 0.2) is 0 Å². The fraction of sp³-hybridized carbons (Fsp3) is 0.583. The Bertz CT molecular complexity index is 1390. The first-order valence-electron chi connectivity index (χ1n) is 17.2. The molecular formula is C36H50BrClN6O3. The Morgan fingerprint density at radius 2 is 1.83 bits per heavy atom. The number of carbonyl (C=O) groups excluding carboxylic acids is 2. The van der Waals surface area contributed by atoms with Crippen molar-refractivity contribution >= 4 is 45.4 Å². The van der Waals surface area contributed by atoms with E-state index in [1.165, 1.54) is 32.4 Å². The number of rotatable bonds is 12. The van der Waals surface area contributed by atoms with Gasteiger partial charge in [0.05, 0.1) is 18.6 Å². The Balaban J connectivity index is 1.28. The van der Waals surface area contributed by atoms with E-state index in [0.717, 1.165) is 41.4 Å². The zero-order chi connectivity index (χ0) is 33.3. The van der Waals surface area contributed by atoms with Gasteiger partial charge in [0.1, 0.15) is 12.1 Å². The number of ether oxygens (including phenoxy) is 1. The minimum absolute atomic E-state index is 0.0195. The van der Waals surface area contributed by atoms with Crippen LogP contribution in [0.5, 0.6) is 0 Å². The number of hydrogen-bond acceptors (Lipinski definition) is 7. The number of aliphatic imine (C=N–C) groups is 1. The number of amidine groups is 1. The summed E-state index contributed by atoms with van der Waals surface area (Å²) in [4.78, 5) is 39.4. The molecule has 0 aliphatic carbocycles. The molecule has 256 valence electrons. The Kier molecular flexibility index (Phi) is 13.0. The second-order valence-electron chi connectivity index (χ2n) is 13.4. The molecule has 5 rings (SSSR count). The van der Waals surface area contributed by atoms with Crippen LogP contribution in [0.15, 0.2) is 58.0 Å². The number of carbonyl (C=O) groups is 2. The Morgan fingerprint density at radius 1 is 1.04 bits per heavy atom. The van der Waals surface area contributed by atoms with Crippen molar-refractivity contribution < 1.29 is 14.3 Å². The molecule has 2 N–H and O–H groups in total. The van der Waals surface area contributed by atoms with Crippen LogP contribution in [-0.2, 0) is 20.9 Å². The van der Waals surface area contributed by atoms with E-state index >= 15 is 0 Å². The maximum atomic E-state index is 14.3. The zero-order valence-corrected chi connectivity index (χ0v) is 30.3. The number of piperazine rings is 1. The summed E-state index contributed by atoms with van der Waals surface area (Å²) in [6, 6.07) is 15.1. The number of nitrogens with zero attached hydrogens (tertiary/aromatic N) is 4. The van der Waals surface area contributed by atoms with Gasteiger partial charge in [-0.25, -0.2) is 4.99 Å². The first kappa shape index (κ1) is 35.6. The second-order valence-corrected chi connectivity index (χ2v) is 14.7. The first-order chi connectivity index (χ1) is 22.7. The van der Waals surface area contributed by atoms with Crippen molar-refractivity contribution in [1.29, 1.82) is 0 Å². The maximum absolute atomic E-state index is 14.3. The predicted octanol–water partition coefficient (Wildman–Crippen LogP) is 5.77. The number of amides is 2. The van der Waals surface area contributed by atoms with Crippen molar-refractivity contribution in [2.75, 3.05) is 39.3 Å². The van der Waals surface area contributed by atoms with E-state index in [4.69, 9.17) is 21.3 Å². The molecule has 2 aromatic rings. The average Bonchev–Trinajstić information content (AvgIpc) is 3.46. The summed E-state index contributed by atoms with van der Waals surface area (Å²) < 4.78 is 7.41. The van der Waals surface area contributed by atoms with Crippen LogP contribution in [0, 0.1) is 0 Å². The molecule has 3 aliphatic heterocycles. The van der Waals surface area contributed by atoms with Crippen LogP contribution in [0.3, 0.4) is 0 Å². The predicted molar refractivity (Wildman–Crippen MR) is 191 cm³/mol. The minimum atomic E-state index is -0.702. The minimum Gasteiger partial charge on any atom is -0.455 e. The summed E-state index contributed by atoms with van der Waals surface area (Å²) in [6.45, 7) is 11.2. The van der Waals surface area contributed by atoms with Crippen LogP contribution < -0.4 is 10.6 Å². The van der Waals surface area contributed by atoms with E-state index in [2.05, 4.69) is 51.4 Å². The number of likely N-dealkylation sites (tertiary alicyclic amines) is 1. The van der Waals surface area contributed by atoms with Gasteiger partial charge in [-0.05, 0) is 87.6 Å². The van der Waals surface area contributed by atoms with Gasteiger partial charge < -0.3 is 30.1 Å². The average molecular weight is 730 g/mol. The number of unbranched alkanes of at least 4 members (excludes halogenated alkanes) is 1. The highest BCUT2D eigenvalue weighted by Crippen LogP contribution is 2.32. The van der Waals surface area contributed by atoms with Gasteiger partial charge >= 0.3 is 0 Å². The summed E-state index contributed by atoms with van der Waals surface area (Å²) in [5.41, 5.74) is 1.94. The van der Waals surface area contributed by atoms with Crippen molar-refractivity contribution in [2.45, 2.75) is 96.1 Å². The molecule has 2 fully saturated rings. The van der Waals surface area contributed by atoms with Crippen molar-refractivity contribution in [1.82, 2.24) is 25.3 Å². The highest BCUT2D eigenvalue weighted by atomic mass is 79.9. The van der Waals surface area contributed by atoms with Crippen LogP contribution in [-0.4, -0.2) is 96.0 Å². The third kappa shape index (κ3) is 9.94. The fourth-order valence-corrected chi connectivity index (χ4v) is 7.45. The smallest absolute Gasteiger partial charge is 0.288 e. The molecule has 0 aromatic heterocycles. The van der Waals surface area contributed by atoms with E-state index < -0.39 is 6.04 Å². The van der Waals surface area contributed by atoms with Gasteiger partial charge in [0.25, 0.3) is 6.02 Å². The Labute approximate surface area is 293 Å². The van der Waals surface area contributed by atoms with Gasteiger partial charge in [-0.1, -0.05) is 78.5 Å². The van der Waals surface area contributed by atoms with Crippen LogP contribution in [0.4, 0.5) is 0 Å². The van der Waals surface area contributed by atoms with Crippen molar-refractivity contribution in [3.8, 4) is 0 Å². The number of hydrogen-bond donors (Lipinski definition) is 2. The molecule has 3 aliphatic rings. The Hall–Kier alpha value is -2.66. The summed E-state index contributed by atoms with van der Waals surface area (Å²) >= 11 is 9.77. The molecule has 0 bridgehead atoms. The molecular weight excluding hydrogens is 680 g/mol. The normalized spacial score (nSPS) is 22.6. The molecule has 11 heteroatoms. The zero-order valence-electron chi connectivity index (χ0n) is 28.0. The largest absolute Gasteiger partial charge is 0.455 e. The number of piperidine rings is 1. The molecule has 0 saturated carbocycles. The monoisotopic (exact) mass is 728 g/mol. The van der Waals surface area contributed by atoms with Crippen molar-refractivity contribution in [3.63, 3.8) is 0 Å². The molecule has 2 aromatic carbocycles. The van der Waals surface area contributed by atoms with Crippen molar-refractivity contribution in [2.24, 2.45) is 4.99 Å². The summed E-state index contributed by atoms with van der Waals surface area (Å²) in [6.07, 6.45) is 6.43. The van der Waals surface area contributed by atoms with Gasteiger partial charge in [-0.3, -0.25) is 9.59 Å². The molecule has 9 nitrogen and oxygen atoms in total. The standard InChI is InChI=1S/C36H50BrClN6O3/c1-25(2)40-31(15-5-8-18-42-16-6-4-7-17-42)35(46)44-20-19-43(24-32(44)34(45)39-23-27-11-9-14-30(38)21-27)36-41-26(3)33(47-36)28-12-10-13-29(37)22-28/h9-14,21-22,25-26,31-33,40H,4-8,15-20,23-24H2,1-3H3,(H,39,45)/t26-,31+,32-,33+/m0/s1. The molecule has 3 heterocycles. The Morgan fingerprint density at radius 3 is 2.57 bits per heavy atom. The quantitative estimate of drug-likeness (QED) is 0.270.